The largest absolute Gasteiger partial charge is 0.492 e. The fourth-order valence-electron chi connectivity index (χ4n) is 1.97. The SMILES string of the molecule is CC(C)CN(CCC#N)CCOc1cccc(C#N)c1. The summed E-state index contributed by atoms with van der Waals surface area (Å²) >= 11 is 0. The van der Waals surface area contributed by atoms with Crippen LogP contribution in [0.4, 0.5) is 0 Å². The molecule has 0 saturated heterocycles. The van der Waals surface area contributed by atoms with Crippen LogP contribution in [0.1, 0.15) is 25.8 Å². The zero-order valence-corrected chi connectivity index (χ0v) is 12.2. The smallest absolute Gasteiger partial charge is 0.120 e. The molecule has 0 bridgehead atoms. The van der Waals surface area contributed by atoms with E-state index in [0.29, 0.717) is 30.3 Å². The maximum Gasteiger partial charge on any atom is 0.120 e. The normalized spacial score (nSPS) is 10.3. The van der Waals surface area contributed by atoms with Crippen LogP contribution >= 0.6 is 0 Å². The Morgan fingerprint density at radius 1 is 1.25 bits per heavy atom. The lowest BCUT2D eigenvalue weighted by molar-refractivity contribution is 0.195. The molecule has 0 aliphatic heterocycles. The number of hydrogen-bond acceptors (Lipinski definition) is 4. The van der Waals surface area contributed by atoms with Gasteiger partial charge in [-0.25, -0.2) is 0 Å². The number of nitrogens with zero attached hydrogens (tertiary/aromatic N) is 3. The van der Waals surface area contributed by atoms with Crippen molar-refractivity contribution in [2.45, 2.75) is 20.3 Å². The van der Waals surface area contributed by atoms with Gasteiger partial charge in [-0.3, -0.25) is 4.90 Å². The van der Waals surface area contributed by atoms with Gasteiger partial charge in [-0.05, 0) is 24.1 Å². The predicted molar refractivity (Wildman–Crippen MR) is 78.2 cm³/mol. The van der Waals surface area contributed by atoms with Gasteiger partial charge in [0.15, 0.2) is 0 Å². The van der Waals surface area contributed by atoms with E-state index < -0.39 is 0 Å². The van der Waals surface area contributed by atoms with Crippen molar-refractivity contribution in [3.63, 3.8) is 0 Å². The van der Waals surface area contributed by atoms with Gasteiger partial charge in [0.2, 0.25) is 0 Å². The maximum atomic E-state index is 8.83. The Labute approximate surface area is 121 Å². The van der Waals surface area contributed by atoms with Crippen molar-refractivity contribution in [2.24, 2.45) is 5.92 Å². The van der Waals surface area contributed by atoms with Gasteiger partial charge in [-0.15, -0.1) is 0 Å². The molecule has 1 aromatic carbocycles. The van der Waals surface area contributed by atoms with E-state index in [4.69, 9.17) is 15.3 Å². The first-order valence-electron chi connectivity index (χ1n) is 6.88. The van der Waals surface area contributed by atoms with Crippen LogP contribution in [-0.2, 0) is 0 Å². The van der Waals surface area contributed by atoms with E-state index in [1.165, 1.54) is 0 Å². The second-order valence-corrected chi connectivity index (χ2v) is 5.09. The van der Waals surface area contributed by atoms with Gasteiger partial charge in [0.1, 0.15) is 12.4 Å². The van der Waals surface area contributed by atoms with Crippen LogP contribution < -0.4 is 4.74 Å². The van der Waals surface area contributed by atoms with Gasteiger partial charge in [-0.1, -0.05) is 19.9 Å². The molecule has 0 N–H and O–H groups in total. The van der Waals surface area contributed by atoms with E-state index in [0.717, 1.165) is 19.6 Å². The number of hydrogen-bond donors (Lipinski definition) is 0. The molecule has 0 heterocycles. The molecular weight excluding hydrogens is 250 g/mol. The van der Waals surface area contributed by atoms with Crippen LogP contribution in [0.3, 0.4) is 0 Å². The minimum absolute atomic E-state index is 0.538. The van der Waals surface area contributed by atoms with Gasteiger partial charge in [0.25, 0.3) is 0 Å². The Kier molecular flexibility index (Phi) is 7.17. The Morgan fingerprint density at radius 2 is 2.05 bits per heavy atom. The number of rotatable bonds is 8. The number of benzene rings is 1. The molecule has 0 radical (unpaired) electrons. The van der Waals surface area contributed by atoms with Crippen molar-refractivity contribution in [1.29, 1.82) is 10.5 Å². The molecule has 0 fully saturated rings. The van der Waals surface area contributed by atoms with Crippen molar-refractivity contribution >= 4 is 0 Å². The average molecular weight is 271 g/mol. The summed E-state index contributed by atoms with van der Waals surface area (Å²) in [5.41, 5.74) is 0.603. The second-order valence-electron chi connectivity index (χ2n) is 5.09. The number of ether oxygens (including phenoxy) is 1. The minimum atomic E-state index is 0.538. The van der Waals surface area contributed by atoms with E-state index >= 15 is 0 Å². The molecule has 20 heavy (non-hydrogen) atoms. The summed E-state index contributed by atoms with van der Waals surface area (Å²) in [6, 6.07) is 11.4. The van der Waals surface area contributed by atoms with E-state index in [1.54, 1.807) is 12.1 Å². The lowest BCUT2D eigenvalue weighted by atomic mass is 10.2. The average Bonchev–Trinajstić information content (AvgIpc) is 2.44. The molecule has 0 unspecified atom stereocenters. The van der Waals surface area contributed by atoms with E-state index in [-0.39, 0.29) is 0 Å². The molecule has 106 valence electrons. The molecule has 0 saturated carbocycles. The van der Waals surface area contributed by atoms with Crippen LogP contribution in [0.25, 0.3) is 0 Å². The van der Waals surface area contributed by atoms with Gasteiger partial charge in [-0.2, -0.15) is 10.5 Å². The number of nitriles is 2. The van der Waals surface area contributed by atoms with Crippen LogP contribution in [0.5, 0.6) is 5.75 Å². The summed E-state index contributed by atoms with van der Waals surface area (Å²) in [5.74, 6) is 1.28. The van der Waals surface area contributed by atoms with Crippen molar-refractivity contribution in [3.8, 4) is 17.9 Å². The van der Waals surface area contributed by atoms with E-state index in [9.17, 15) is 0 Å². The summed E-state index contributed by atoms with van der Waals surface area (Å²) in [6.07, 6.45) is 0.538. The van der Waals surface area contributed by atoms with Crippen LogP contribution in [0.2, 0.25) is 0 Å². The molecule has 0 atom stereocenters. The Bertz CT molecular complexity index is 485. The summed E-state index contributed by atoms with van der Waals surface area (Å²) in [4.78, 5) is 2.24. The second kappa shape index (κ2) is 8.96. The fourth-order valence-corrected chi connectivity index (χ4v) is 1.97. The van der Waals surface area contributed by atoms with Crippen molar-refractivity contribution in [1.82, 2.24) is 4.90 Å². The molecule has 4 nitrogen and oxygen atoms in total. The maximum absolute atomic E-state index is 8.83. The fraction of sp³-hybridized carbons (Fsp3) is 0.500. The first kappa shape index (κ1) is 16.0. The summed E-state index contributed by atoms with van der Waals surface area (Å²) in [7, 11) is 0. The lowest BCUT2D eigenvalue weighted by Gasteiger charge is -2.23. The van der Waals surface area contributed by atoms with Crippen molar-refractivity contribution in [3.05, 3.63) is 29.8 Å². The predicted octanol–water partition coefficient (Wildman–Crippen LogP) is 2.81. The Balaban J connectivity index is 2.42. The standard InChI is InChI=1S/C16H21N3O/c1-14(2)13-19(8-4-7-17)9-10-20-16-6-3-5-15(11-16)12-18/h3,5-6,11,14H,4,8-10,13H2,1-2H3. The molecule has 0 aliphatic carbocycles. The summed E-state index contributed by atoms with van der Waals surface area (Å²) in [6.45, 7) is 7.41. The zero-order chi connectivity index (χ0) is 14.8. The van der Waals surface area contributed by atoms with Gasteiger partial charge in [0.05, 0.1) is 17.7 Å². The van der Waals surface area contributed by atoms with Crippen LogP contribution in [0, 0.1) is 28.6 Å². The van der Waals surface area contributed by atoms with Gasteiger partial charge in [0, 0.05) is 26.1 Å². The van der Waals surface area contributed by atoms with Gasteiger partial charge >= 0.3 is 0 Å². The van der Waals surface area contributed by atoms with E-state index in [2.05, 4.69) is 30.9 Å². The van der Waals surface area contributed by atoms with Gasteiger partial charge < -0.3 is 4.74 Å². The highest BCUT2D eigenvalue weighted by molar-refractivity contribution is 5.36. The van der Waals surface area contributed by atoms with Crippen LogP contribution in [-0.4, -0.2) is 31.1 Å². The summed E-state index contributed by atoms with van der Waals surface area (Å²) in [5, 5.41) is 17.5. The highest BCUT2D eigenvalue weighted by atomic mass is 16.5. The topological polar surface area (TPSA) is 60.1 Å². The third kappa shape index (κ3) is 6.22. The lowest BCUT2D eigenvalue weighted by Crippen LogP contribution is -2.32. The van der Waals surface area contributed by atoms with Crippen LogP contribution in [0.15, 0.2) is 24.3 Å². The minimum Gasteiger partial charge on any atom is -0.492 e. The highest BCUT2D eigenvalue weighted by Crippen LogP contribution is 2.12. The Hall–Kier alpha value is -2.04. The monoisotopic (exact) mass is 271 g/mol. The molecule has 0 amide bonds. The Morgan fingerprint density at radius 3 is 2.70 bits per heavy atom. The first-order chi connectivity index (χ1) is 9.65. The third-order valence-electron chi connectivity index (χ3n) is 2.80. The third-order valence-corrected chi connectivity index (χ3v) is 2.80. The molecule has 4 heteroatoms. The van der Waals surface area contributed by atoms with Crippen molar-refractivity contribution < 1.29 is 4.74 Å². The van der Waals surface area contributed by atoms with Crippen molar-refractivity contribution in [2.75, 3.05) is 26.2 Å². The quantitative estimate of drug-likeness (QED) is 0.729. The molecular formula is C16H21N3O. The zero-order valence-electron chi connectivity index (χ0n) is 12.2. The molecule has 1 rings (SSSR count). The molecule has 0 aliphatic rings. The summed E-state index contributed by atoms with van der Waals surface area (Å²) < 4.78 is 5.66. The highest BCUT2D eigenvalue weighted by Gasteiger charge is 2.07. The molecule has 0 spiro atoms. The van der Waals surface area contributed by atoms with E-state index in [1.807, 2.05) is 12.1 Å². The molecule has 1 aromatic rings. The molecule has 0 aromatic heterocycles. The first-order valence-corrected chi connectivity index (χ1v) is 6.88.